The molecule has 0 aliphatic carbocycles. The Kier molecular flexibility index (Phi) is 3.49. The van der Waals surface area contributed by atoms with Gasteiger partial charge in [-0.1, -0.05) is 13.3 Å². The highest BCUT2D eigenvalue weighted by Gasteiger charge is 2.44. The van der Waals surface area contributed by atoms with E-state index in [-0.39, 0.29) is 10.6 Å². The first-order valence-corrected chi connectivity index (χ1v) is 6.61. The van der Waals surface area contributed by atoms with Gasteiger partial charge in [-0.15, -0.1) is 0 Å². The van der Waals surface area contributed by atoms with Crippen LogP contribution >= 0.6 is 0 Å². The molecule has 1 aliphatic heterocycles. The van der Waals surface area contributed by atoms with Crippen molar-refractivity contribution in [1.82, 2.24) is 9.78 Å². The summed E-state index contributed by atoms with van der Waals surface area (Å²) in [6.07, 6.45) is 1.62. The topological polar surface area (TPSA) is 84.4 Å². The Morgan fingerprint density at radius 2 is 2.11 bits per heavy atom. The largest absolute Gasteiger partial charge is 0.386 e. The minimum absolute atomic E-state index is 0.0559. The lowest BCUT2D eigenvalue weighted by atomic mass is 9.89. The van der Waals surface area contributed by atoms with E-state index >= 15 is 0 Å². The summed E-state index contributed by atoms with van der Waals surface area (Å²) in [5, 5.41) is 25.6. The highest BCUT2D eigenvalue weighted by atomic mass is 16.6. The Morgan fingerprint density at radius 1 is 1.47 bits per heavy atom. The molecular formula is C12H20N4O3. The van der Waals surface area contributed by atoms with Crippen LogP contribution in [0.4, 0.5) is 11.5 Å². The van der Waals surface area contributed by atoms with Crippen LogP contribution in [-0.2, 0) is 6.54 Å². The summed E-state index contributed by atoms with van der Waals surface area (Å²) in [6.45, 7) is 7.01. The molecule has 0 atom stereocenters. The van der Waals surface area contributed by atoms with Crippen LogP contribution < -0.4 is 4.90 Å². The number of anilines is 1. The second-order valence-corrected chi connectivity index (χ2v) is 5.16. The number of hydrogen-bond acceptors (Lipinski definition) is 5. The van der Waals surface area contributed by atoms with Gasteiger partial charge in [-0.2, -0.15) is 5.10 Å². The van der Waals surface area contributed by atoms with Crippen molar-refractivity contribution < 1.29 is 10.0 Å². The van der Waals surface area contributed by atoms with E-state index in [1.165, 1.54) is 0 Å². The number of nitro groups is 1. The van der Waals surface area contributed by atoms with Crippen LogP contribution in [0.15, 0.2) is 0 Å². The number of hydrogen-bond donors (Lipinski definition) is 1. The Morgan fingerprint density at radius 3 is 2.58 bits per heavy atom. The fraction of sp³-hybridized carbons (Fsp3) is 0.750. The van der Waals surface area contributed by atoms with Crippen molar-refractivity contribution in [2.45, 2.75) is 45.8 Å². The van der Waals surface area contributed by atoms with Crippen LogP contribution in [0, 0.1) is 17.0 Å². The number of aryl methyl sites for hydroxylation is 2. The summed E-state index contributed by atoms with van der Waals surface area (Å²) in [6, 6.07) is 0. The Labute approximate surface area is 112 Å². The number of β-amino-alcohol motifs (C(OH)–C–C–N with tert-alkyl or cyclic N) is 1. The summed E-state index contributed by atoms with van der Waals surface area (Å²) < 4.78 is 1.64. The van der Waals surface area contributed by atoms with Crippen molar-refractivity contribution in [2.75, 3.05) is 18.0 Å². The van der Waals surface area contributed by atoms with Gasteiger partial charge in [0, 0.05) is 6.54 Å². The molecule has 0 saturated carbocycles. The van der Waals surface area contributed by atoms with E-state index in [0.29, 0.717) is 31.1 Å². The predicted octanol–water partition coefficient (Wildman–Crippen LogP) is 1.47. The van der Waals surface area contributed by atoms with Gasteiger partial charge in [0.2, 0.25) is 5.82 Å². The second-order valence-electron chi connectivity index (χ2n) is 5.16. The molecule has 2 rings (SSSR count). The maximum Gasteiger partial charge on any atom is 0.333 e. The molecule has 19 heavy (non-hydrogen) atoms. The SMILES string of the molecule is CCCC1(O)CN(c2c([N+](=O)[O-])c(C)nn2CC)C1. The lowest BCUT2D eigenvalue weighted by molar-refractivity contribution is -0.384. The smallest absolute Gasteiger partial charge is 0.333 e. The lowest BCUT2D eigenvalue weighted by Gasteiger charge is -2.47. The van der Waals surface area contributed by atoms with Crippen molar-refractivity contribution in [1.29, 1.82) is 0 Å². The molecule has 1 aromatic rings. The van der Waals surface area contributed by atoms with Crippen molar-refractivity contribution in [3.8, 4) is 0 Å². The van der Waals surface area contributed by atoms with Gasteiger partial charge in [0.15, 0.2) is 0 Å². The van der Waals surface area contributed by atoms with Gasteiger partial charge in [-0.25, -0.2) is 4.68 Å². The van der Waals surface area contributed by atoms with Gasteiger partial charge in [0.25, 0.3) is 0 Å². The van der Waals surface area contributed by atoms with Gasteiger partial charge in [0.1, 0.15) is 5.69 Å². The van der Waals surface area contributed by atoms with Gasteiger partial charge in [0.05, 0.1) is 23.6 Å². The zero-order chi connectivity index (χ0) is 14.2. The summed E-state index contributed by atoms with van der Waals surface area (Å²) in [4.78, 5) is 12.6. The van der Waals surface area contributed by atoms with Gasteiger partial charge in [-0.05, 0) is 20.3 Å². The molecule has 7 nitrogen and oxygen atoms in total. The first kappa shape index (κ1) is 13.8. The average Bonchev–Trinajstić information content (AvgIpc) is 2.62. The standard InChI is InChI=1S/C12H20N4O3/c1-4-6-12(17)7-14(8-12)11-10(16(18)19)9(3)13-15(11)5-2/h17H,4-8H2,1-3H3. The Balaban J connectivity index is 2.28. The fourth-order valence-electron chi connectivity index (χ4n) is 2.74. The van der Waals surface area contributed by atoms with Gasteiger partial charge >= 0.3 is 5.69 Å². The first-order valence-electron chi connectivity index (χ1n) is 6.61. The average molecular weight is 268 g/mol. The molecule has 1 N–H and O–H groups in total. The molecule has 7 heteroatoms. The van der Waals surface area contributed by atoms with Crippen molar-refractivity contribution in [3.63, 3.8) is 0 Å². The van der Waals surface area contributed by atoms with Crippen molar-refractivity contribution in [2.24, 2.45) is 0 Å². The maximum atomic E-state index is 11.2. The van der Waals surface area contributed by atoms with E-state index in [0.717, 1.165) is 12.8 Å². The molecule has 1 aliphatic rings. The van der Waals surface area contributed by atoms with Crippen LogP contribution in [0.2, 0.25) is 0 Å². The zero-order valence-electron chi connectivity index (χ0n) is 11.6. The summed E-state index contributed by atoms with van der Waals surface area (Å²) in [5.74, 6) is 0.519. The third-order valence-electron chi connectivity index (χ3n) is 3.54. The summed E-state index contributed by atoms with van der Waals surface area (Å²) in [7, 11) is 0. The van der Waals surface area contributed by atoms with Crippen LogP contribution in [-0.4, -0.2) is 38.5 Å². The third kappa shape index (κ3) is 2.30. The van der Waals surface area contributed by atoms with E-state index in [1.54, 1.807) is 11.6 Å². The molecule has 106 valence electrons. The molecule has 0 radical (unpaired) electrons. The molecule has 1 aromatic heterocycles. The van der Waals surface area contributed by atoms with E-state index in [1.807, 2.05) is 18.7 Å². The highest BCUT2D eigenvalue weighted by molar-refractivity contribution is 5.63. The van der Waals surface area contributed by atoms with Gasteiger partial charge < -0.3 is 10.0 Å². The molecule has 0 spiro atoms. The molecule has 0 unspecified atom stereocenters. The van der Waals surface area contributed by atoms with Crippen LogP contribution in [0.1, 0.15) is 32.4 Å². The Hall–Kier alpha value is -1.63. The quantitative estimate of drug-likeness (QED) is 0.645. The zero-order valence-corrected chi connectivity index (χ0v) is 11.6. The number of aromatic nitrogens is 2. The van der Waals surface area contributed by atoms with E-state index in [2.05, 4.69) is 5.10 Å². The van der Waals surface area contributed by atoms with Crippen LogP contribution in [0.25, 0.3) is 0 Å². The van der Waals surface area contributed by atoms with E-state index in [4.69, 9.17) is 0 Å². The van der Waals surface area contributed by atoms with Crippen molar-refractivity contribution >= 4 is 11.5 Å². The molecule has 1 fully saturated rings. The summed E-state index contributed by atoms with van der Waals surface area (Å²) >= 11 is 0. The summed E-state index contributed by atoms with van der Waals surface area (Å²) in [5.41, 5.74) is -0.229. The fourth-order valence-corrected chi connectivity index (χ4v) is 2.74. The molecular weight excluding hydrogens is 248 g/mol. The van der Waals surface area contributed by atoms with Crippen LogP contribution in [0.5, 0.6) is 0 Å². The molecule has 1 saturated heterocycles. The van der Waals surface area contributed by atoms with Gasteiger partial charge in [-0.3, -0.25) is 10.1 Å². The molecule has 2 heterocycles. The lowest BCUT2D eigenvalue weighted by Crippen LogP contribution is -2.62. The van der Waals surface area contributed by atoms with E-state index in [9.17, 15) is 15.2 Å². The third-order valence-corrected chi connectivity index (χ3v) is 3.54. The Bertz CT molecular complexity index is 491. The minimum Gasteiger partial charge on any atom is -0.386 e. The van der Waals surface area contributed by atoms with Crippen LogP contribution in [0.3, 0.4) is 0 Å². The second kappa shape index (κ2) is 4.80. The van der Waals surface area contributed by atoms with E-state index < -0.39 is 5.60 Å². The number of aliphatic hydroxyl groups is 1. The predicted molar refractivity (Wildman–Crippen MR) is 71.4 cm³/mol. The highest BCUT2D eigenvalue weighted by Crippen LogP contribution is 2.38. The molecule has 0 bridgehead atoms. The monoisotopic (exact) mass is 268 g/mol. The minimum atomic E-state index is -0.709. The number of nitrogens with zero attached hydrogens (tertiary/aromatic N) is 4. The normalized spacial score (nSPS) is 17.4. The molecule has 0 aromatic carbocycles. The first-order chi connectivity index (χ1) is 8.91. The van der Waals surface area contributed by atoms with Crippen molar-refractivity contribution in [3.05, 3.63) is 15.8 Å². The molecule has 0 amide bonds. The maximum absolute atomic E-state index is 11.2. The number of rotatable bonds is 5.